The number of carbonyl (C=O) groups is 1. The van der Waals surface area contributed by atoms with E-state index in [1.54, 1.807) is 6.07 Å². The molecule has 4 nitrogen and oxygen atoms in total. The van der Waals surface area contributed by atoms with E-state index in [-0.39, 0.29) is 6.54 Å². The molecule has 0 radical (unpaired) electrons. The van der Waals surface area contributed by atoms with Gasteiger partial charge in [0.15, 0.2) is 12.3 Å². The van der Waals surface area contributed by atoms with Gasteiger partial charge in [0.05, 0.1) is 0 Å². The molecule has 1 aliphatic heterocycles. The van der Waals surface area contributed by atoms with Gasteiger partial charge in [-0.05, 0) is 31.0 Å². The number of aryl methyl sites for hydroxylation is 1. The van der Waals surface area contributed by atoms with Crippen molar-refractivity contribution in [2.45, 2.75) is 13.8 Å². The van der Waals surface area contributed by atoms with Gasteiger partial charge >= 0.3 is 5.97 Å². The lowest BCUT2D eigenvalue weighted by atomic mass is 10.1. The molecule has 0 spiro atoms. The highest BCUT2D eigenvalue weighted by atomic mass is 35.5. The van der Waals surface area contributed by atoms with Crippen molar-refractivity contribution in [2.24, 2.45) is 10.2 Å². The SMILES string of the molecule is Cc1cc2c(c(C)c1Cl)N=NCC(=O)O2. The third-order valence-corrected chi connectivity index (χ3v) is 2.79. The van der Waals surface area contributed by atoms with Crippen LogP contribution in [0.15, 0.2) is 16.3 Å². The second kappa shape index (κ2) is 3.62. The number of azo groups is 1. The van der Waals surface area contributed by atoms with E-state index in [2.05, 4.69) is 10.2 Å². The highest BCUT2D eigenvalue weighted by Gasteiger charge is 2.18. The van der Waals surface area contributed by atoms with Crippen LogP contribution in [0.4, 0.5) is 5.69 Å². The number of ether oxygens (including phenoxy) is 1. The van der Waals surface area contributed by atoms with Crippen molar-refractivity contribution in [3.63, 3.8) is 0 Å². The number of halogens is 1. The lowest BCUT2D eigenvalue weighted by molar-refractivity contribution is -0.132. The molecule has 1 heterocycles. The maximum absolute atomic E-state index is 11.1. The van der Waals surface area contributed by atoms with Crippen molar-refractivity contribution in [3.05, 3.63) is 22.2 Å². The Kier molecular flexibility index (Phi) is 2.44. The summed E-state index contributed by atoms with van der Waals surface area (Å²) in [6.45, 7) is 3.63. The van der Waals surface area contributed by atoms with Crippen LogP contribution in [0.2, 0.25) is 5.02 Å². The van der Waals surface area contributed by atoms with Crippen molar-refractivity contribution < 1.29 is 9.53 Å². The maximum Gasteiger partial charge on any atom is 0.335 e. The minimum absolute atomic E-state index is 0.0508. The second-order valence-corrected chi connectivity index (χ2v) is 3.73. The number of hydrogen-bond acceptors (Lipinski definition) is 4. The zero-order valence-electron chi connectivity index (χ0n) is 8.37. The first-order valence-electron chi connectivity index (χ1n) is 4.47. The summed E-state index contributed by atoms with van der Waals surface area (Å²) >= 11 is 6.06. The fourth-order valence-electron chi connectivity index (χ4n) is 1.43. The third-order valence-electron chi connectivity index (χ3n) is 2.21. The second-order valence-electron chi connectivity index (χ2n) is 3.35. The summed E-state index contributed by atoms with van der Waals surface area (Å²) < 4.78 is 5.09. The van der Waals surface area contributed by atoms with Crippen LogP contribution in [-0.2, 0) is 4.79 Å². The molecule has 0 atom stereocenters. The van der Waals surface area contributed by atoms with Crippen LogP contribution >= 0.6 is 11.6 Å². The molecule has 15 heavy (non-hydrogen) atoms. The minimum Gasteiger partial charge on any atom is -0.423 e. The van der Waals surface area contributed by atoms with Gasteiger partial charge in [-0.2, -0.15) is 10.2 Å². The van der Waals surface area contributed by atoms with E-state index in [1.807, 2.05) is 13.8 Å². The summed E-state index contributed by atoms with van der Waals surface area (Å²) in [5.41, 5.74) is 2.18. The molecule has 78 valence electrons. The van der Waals surface area contributed by atoms with Crippen molar-refractivity contribution in [2.75, 3.05) is 6.54 Å². The Morgan fingerprint density at radius 1 is 1.47 bits per heavy atom. The quantitative estimate of drug-likeness (QED) is 0.503. The molecule has 5 heteroatoms. The molecule has 0 amide bonds. The Hall–Kier alpha value is -1.42. The first-order chi connectivity index (χ1) is 7.09. The van der Waals surface area contributed by atoms with E-state index in [1.165, 1.54) is 0 Å². The van der Waals surface area contributed by atoms with Gasteiger partial charge in [-0.1, -0.05) is 11.6 Å². The summed E-state index contributed by atoms with van der Waals surface area (Å²) in [4.78, 5) is 11.1. The summed E-state index contributed by atoms with van der Waals surface area (Å²) in [5.74, 6) is 0.0271. The van der Waals surface area contributed by atoms with Crippen molar-refractivity contribution >= 4 is 23.3 Å². The minimum atomic E-state index is -0.404. The fraction of sp³-hybridized carbons (Fsp3) is 0.300. The molecule has 1 aromatic rings. The predicted octanol–water partition coefficient (Wildman–Crippen LogP) is 2.96. The molecule has 1 aromatic carbocycles. The number of esters is 1. The van der Waals surface area contributed by atoms with Crippen LogP contribution in [-0.4, -0.2) is 12.5 Å². The zero-order chi connectivity index (χ0) is 11.0. The van der Waals surface area contributed by atoms with Crippen LogP contribution in [0.1, 0.15) is 11.1 Å². The molecule has 0 bridgehead atoms. The van der Waals surface area contributed by atoms with Gasteiger partial charge < -0.3 is 4.74 Å². The topological polar surface area (TPSA) is 51.0 Å². The molecule has 0 saturated carbocycles. The van der Waals surface area contributed by atoms with Crippen LogP contribution in [0.3, 0.4) is 0 Å². The smallest absolute Gasteiger partial charge is 0.335 e. The highest BCUT2D eigenvalue weighted by Crippen LogP contribution is 2.39. The average Bonchev–Trinajstić information content (AvgIpc) is 2.36. The number of nitrogens with zero attached hydrogens (tertiary/aromatic N) is 2. The number of benzene rings is 1. The molecule has 2 rings (SSSR count). The number of rotatable bonds is 0. The highest BCUT2D eigenvalue weighted by molar-refractivity contribution is 6.32. The van der Waals surface area contributed by atoms with Gasteiger partial charge in [0.25, 0.3) is 0 Å². The van der Waals surface area contributed by atoms with Gasteiger partial charge in [0.1, 0.15) is 5.69 Å². The Labute approximate surface area is 91.9 Å². The zero-order valence-corrected chi connectivity index (χ0v) is 9.13. The van der Waals surface area contributed by atoms with E-state index in [0.29, 0.717) is 16.5 Å². The van der Waals surface area contributed by atoms with Gasteiger partial charge in [0.2, 0.25) is 0 Å². The van der Waals surface area contributed by atoms with Gasteiger partial charge in [0, 0.05) is 5.02 Å². The van der Waals surface area contributed by atoms with E-state index >= 15 is 0 Å². The molecule has 0 fully saturated rings. The van der Waals surface area contributed by atoms with E-state index in [0.717, 1.165) is 11.1 Å². The first kappa shape index (κ1) is 10.1. The lowest BCUT2D eigenvalue weighted by Gasteiger charge is -2.09. The molecule has 0 aromatic heterocycles. The molecule has 1 aliphatic rings. The summed E-state index contributed by atoms with van der Waals surface area (Å²) in [5, 5.41) is 8.28. The Bertz CT molecular complexity index is 469. The molecule has 0 unspecified atom stereocenters. The summed E-state index contributed by atoms with van der Waals surface area (Å²) in [7, 11) is 0. The van der Waals surface area contributed by atoms with Crippen LogP contribution in [0.25, 0.3) is 0 Å². The number of fused-ring (bicyclic) bond motifs is 1. The van der Waals surface area contributed by atoms with Crippen molar-refractivity contribution in [1.29, 1.82) is 0 Å². The molecular weight excluding hydrogens is 216 g/mol. The van der Waals surface area contributed by atoms with E-state index in [9.17, 15) is 4.79 Å². The molecular formula is C10H9ClN2O2. The number of carbonyl (C=O) groups excluding carboxylic acids is 1. The van der Waals surface area contributed by atoms with Crippen LogP contribution in [0, 0.1) is 13.8 Å². The van der Waals surface area contributed by atoms with Gasteiger partial charge in [-0.15, -0.1) is 0 Å². The maximum atomic E-state index is 11.1. The van der Waals surface area contributed by atoms with Crippen molar-refractivity contribution in [3.8, 4) is 5.75 Å². The number of hydrogen-bond donors (Lipinski definition) is 0. The molecule has 0 N–H and O–H groups in total. The normalized spacial score (nSPS) is 14.5. The summed E-state index contributed by atoms with van der Waals surface area (Å²) in [6.07, 6.45) is 0. The third kappa shape index (κ3) is 1.72. The largest absolute Gasteiger partial charge is 0.423 e. The van der Waals surface area contributed by atoms with Crippen molar-refractivity contribution in [1.82, 2.24) is 0 Å². The standard InChI is InChI=1S/C10H9ClN2O2/c1-5-3-7-10(6(2)9(5)11)13-12-4-8(14)15-7/h3H,4H2,1-2H3. The predicted molar refractivity (Wildman–Crippen MR) is 55.9 cm³/mol. The van der Waals surface area contributed by atoms with Crippen LogP contribution < -0.4 is 4.74 Å². The fourth-order valence-corrected chi connectivity index (χ4v) is 1.58. The van der Waals surface area contributed by atoms with Crippen LogP contribution in [0.5, 0.6) is 5.75 Å². The van der Waals surface area contributed by atoms with Gasteiger partial charge in [-0.3, -0.25) is 0 Å². The van der Waals surface area contributed by atoms with E-state index in [4.69, 9.17) is 16.3 Å². The Morgan fingerprint density at radius 2 is 2.20 bits per heavy atom. The summed E-state index contributed by atoms with van der Waals surface area (Å²) in [6, 6.07) is 1.70. The first-order valence-corrected chi connectivity index (χ1v) is 4.85. The molecule has 0 aliphatic carbocycles. The lowest BCUT2D eigenvalue weighted by Crippen LogP contribution is -2.09. The Morgan fingerprint density at radius 3 is 2.93 bits per heavy atom. The van der Waals surface area contributed by atoms with E-state index < -0.39 is 5.97 Å². The molecule has 0 saturated heterocycles. The Balaban J connectivity index is 2.66. The van der Waals surface area contributed by atoms with Gasteiger partial charge in [-0.25, -0.2) is 4.79 Å². The monoisotopic (exact) mass is 224 g/mol. The average molecular weight is 225 g/mol.